The summed E-state index contributed by atoms with van der Waals surface area (Å²) in [7, 11) is 0. The normalized spacial score (nSPS) is 10.5. The van der Waals surface area contributed by atoms with Gasteiger partial charge in [0.05, 0.1) is 6.20 Å². The summed E-state index contributed by atoms with van der Waals surface area (Å²) in [6, 6.07) is 5.30. The van der Waals surface area contributed by atoms with E-state index < -0.39 is 12.5 Å². The fourth-order valence-electron chi connectivity index (χ4n) is 1.40. The van der Waals surface area contributed by atoms with Crippen molar-refractivity contribution in [3.63, 3.8) is 0 Å². The zero-order valence-corrected chi connectivity index (χ0v) is 13.4. The first-order valence-corrected chi connectivity index (χ1v) is 7.08. The molecule has 21 heavy (non-hydrogen) atoms. The van der Waals surface area contributed by atoms with Crippen molar-refractivity contribution in [2.24, 2.45) is 0 Å². The van der Waals surface area contributed by atoms with Crippen LogP contribution in [0.3, 0.4) is 0 Å². The van der Waals surface area contributed by atoms with Crippen LogP contribution >= 0.6 is 31.9 Å². The maximum atomic E-state index is 12.0. The molecule has 1 heterocycles. The number of carbonyl (C=O) groups excluding carboxylic acids is 1. The molecule has 0 aliphatic carbocycles. The molecule has 9 heteroatoms. The number of hydrogen-bond donors (Lipinski definition) is 1. The van der Waals surface area contributed by atoms with Gasteiger partial charge in [-0.05, 0) is 56.1 Å². The molecule has 0 aliphatic rings. The van der Waals surface area contributed by atoms with E-state index in [0.29, 0.717) is 9.21 Å². The molecular weight excluding hydrogens is 416 g/mol. The Kier molecular flexibility index (Phi) is 5.18. The van der Waals surface area contributed by atoms with Crippen LogP contribution in [-0.2, 0) is 0 Å². The Morgan fingerprint density at radius 1 is 1.24 bits per heavy atom. The maximum Gasteiger partial charge on any atom is 0.387 e. The van der Waals surface area contributed by atoms with E-state index in [-0.39, 0.29) is 17.1 Å². The molecule has 5 nitrogen and oxygen atoms in total. The van der Waals surface area contributed by atoms with E-state index in [9.17, 15) is 13.6 Å². The average molecular weight is 423 g/mol. The lowest BCUT2D eigenvalue weighted by atomic mass is 10.2. The van der Waals surface area contributed by atoms with Crippen molar-refractivity contribution in [1.29, 1.82) is 0 Å². The Hall–Kier alpha value is -1.61. The molecule has 2 rings (SSSR count). The SMILES string of the molecule is O=C(Nc1ncc(Br)nc1Br)c1ccc(OC(F)F)cc1. The number of aromatic nitrogens is 2. The number of rotatable bonds is 4. The van der Waals surface area contributed by atoms with Gasteiger partial charge in [0, 0.05) is 5.56 Å². The highest BCUT2D eigenvalue weighted by atomic mass is 79.9. The lowest BCUT2D eigenvalue weighted by Gasteiger charge is -2.07. The second-order valence-electron chi connectivity index (χ2n) is 3.69. The third-order valence-corrected chi connectivity index (χ3v) is 3.21. The van der Waals surface area contributed by atoms with Gasteiger partial charge < -0.3 is 10.1 Å². The Bertz CT molecular complexity index is 653. The van der Waals surface area contributed by atoms with Gasteiger partial charge in [0.15, 0.2) is 5.82 Å². The molecule has 1 N–H and O–H groups in total. The van der Waals surface area contributed by atoms with Gasteiger partial charge in [-0.25, -0.2) is 9.97 Å². The summed E-state index contributed by atoms with van der Waals surface area (Å²) >= 11 is 6.31. The van der Waals surface area contributed by atoms with E-state index in [1.807, 2.05) is 0 Å². The molecule has 1 aromatic heterocycles. The quantitative estimate of drug-likeness (QED) is 0.812. The molecule has 0 radical (unpaired) electrons. The summed E-state index contributed by atoms with van der Waals surface area (Å²) in [4.78, 5) is 20.0. The van der Waals surface area contributed by atoms with Crippen molar-refractivity contribution in [2.75, 3.05) is 5.32 Å². The Morgan fingerprint density at radius 2 is 1.90 bits per heavy atom. The molecule has 0 bridgehead atoms. The molecule has 1 amide bonds. The Labute approximate surface area is 135 Å². The number of carbonyl (C=O) groups is 1. The van der Waals surface area contributed by atoms with Crippen LogP contribution < -0.4 is 10.1 Å². The first kappa shape index (κ1) is 15.8. The smallest absolute Gasteiger partial charge is 0.387 e. The third kappa shape index (κ3) is 4.43. The summed E-state index contributed by atoms with van der Waals surface area (Å²) in [5.74, 6) is -0.224. The second-order valence-corrected chi connectivity index (χ2v) is 5.25. The van der Waals surface area contributed by atoms with E-state index in [2.05, 4.69) is 51.9 Å². The van der Waals surface area contributed by atoms with Gasteiger partial charge in [-0.15, -0.1) is 0 Å². The van der Waals surface area contributed by atoms with Gasteiger partial charge >= 0.3 is 6.61 Å². The van der Waals surface area contributed by atoms with Crippen molar-refractivity contribution in [3.8, 4) is 5.75 Å². The molecule has 110 valence electrons. The number of anilines is 1. The van der Waals surface area contributed by atoms with Crippen molar-refractivity contribution in [2.45, 2.75) is 6.61 Å². The molecule has 0 saturated heterocycles. The lowest BCUT2D eigenvalue weighted by molar-refractivity contribution is -0.0498. The Balaban J connectivity index is 2.09. The molecule has 1 aromatic carbocycles. The summed E-state index contributed by atoms with van der Waals surface area (Å²) < 4.78 is 29.1. The summed E-state index contributed by atoms with van der Waals surface area (Å²) in [5, 5.41) is 2.54. The van der Waals surface area contributed by atoms with Gasteiger partial charge in [-0.3, -0.25) is 4.79 Å². The zero-order chi connectivity index (χ0) is 15.4. The second kappa shape index (κ2) is 6.90. The van der Waals surface area contributed by atoms with E-state index in [0.717, 1.165) is 0 Å². The minimum Gasteiger partial charge on any atom is -0.435 e. The van der Waals surface area contributed by atoms with Crippen molar-refractivity contribution in [1.82, 2.24) is 9.97 Å². The Morgan fingerprint density at radius 3 is 2.48 bits per heavy atom. The first-order chi connectivity index (χ1) is 9.95. The van der Waals surface area contributed by atoms with Crippen LogP contribution in [0, 0.1) is 0 Å². The minimum absolute atomic E-state index is 0.0221. The van der Waals surface area contributed by atoms with Crippen LogP contribution in [0.1, 0.15) is 10.4 Å². The summed E-state index contributed by atoms with van der Waals surface area (Å²) in [5.41, 5.74) is 0.272. The average Bonchev–Trinajstić information content (AvgIpc) is 2.42. The molecule has 2 aromatic rings. The largest absolute Gasteiger partial charge is 0.435 e. The highest BCUT2D eigenvalue weighted by Gasteiger charge is 2.11. The molecule has 0 atom stereocenters. The van der Waals surface area contributed by atoms with Crippen LogP contribution in [0.2, 0.25) is 0 Å². The van der Waals surface area contributed by atoms with Gasteiger partial charge in [0.25, 0.3) is 5.91 Å². The lowest BCUT2D eigenvalue weighted by Crippen LogP contribution is -2.14. The molecular formula is C12H7Br2F2N3O2. The standard InChI is InChI=1S/C12H7Br2F2N3O2/c13-8-5-17-10(9(14)18-8)19-11(20)6-1-3-7(4-2-6)21-12(15)16/h1-5,12H,(H,17,19,20). The predicted molar refractivity (Wildman–Crippen MR) is 78.5 cm³/mol. The minimum atomic E-state index is -2.90. The maximum absolute atomic E-state index is 12.0. The number of alkyl halides is 2. The van der Waals surface area contributed by atoms with Crippen molar-refractivity contribution < 1.29 is 18.3 Å². The first-order valence-electron chi connectivity index (χ1n) is 5.50. The number of halogens is 4. The zero-order valence-electron chi connectivity index (χ0n) is 10.2. The summed E-state index contributed by atoms with van der Waals surface area (Å²) in [6.45, 7) is -2.90. The van der Waals surface area contributed by atoms with Crippen LogP contribution in [-0.4, -0.2) is 22.5 Å². The fourth-order valence-corrected chi connectivity index (χ4v) is 2.31. The van der Waals surface area contributed by atoms with Crippen LogP contribution in [0.4, 0.5) is 14.6 Å². The fraction of sp³-hybridized carbons (Fsp3) is 0.0833. The van der Waals surface area contributed by atoms with E-state index >= 15 is 0 Å². The van der Waals surface area contributed by atoms with Crippen LogP contribution in [0.25, 0.3) is 0 Å². The number of hydrogen-bond acceptors (Lipinski definition) is 4. The number of benzene rings is 1. The monoisotopic (exact) mass is 421 g/mol. The van der Waals surface area contributed by atoms with Crippen molar-refractivity contribution >= 4 is 43.6 Å². The van der Waals surface area contributed by atoms with Gasteiger partial charge in [0.1, 0.15) is 15.0 Å². The molecule has 0 aliphatic heterocycles. The number of ether oxygens (including phenoxy) is 1. The number of amides is 1. The predicted octanol–water partition coefficient (Wildman–Crippen LogP) is 3.86. The van der Waals surface area contributed by atoms with Gasteiger partial charge in [-0.2, -0.15) is 8.78 Å². The van der Waals surface area contributed by atoms with Crippen LogP contribution in [0.5, 0.6) is 5.75 Å². The van der Waals surface area contributed by atoms with Crippen molar-refractivity contribution in [3.05, 3.63) is 45.2 Å². The highest BCUT2D eigenvalue weighted by Crippen LogP contribution is 2.21. The molecule has 0 unspecified atom stereocenters. The summed E-state index contributed by atoms with van der Waals surface area (Å²) in [6.07, 6.45) is 1.43. The topological polar surface area (TPSA) is 64.1 Å². The highest BCUT2D eigenvalue weighted by molar-refractivity contribution is 9.11. The number of nitrogens with zero attached hydrogens (tertiary/aromatic N) is 2. The van der Waals surface area contributed by atoms with Gasteiger partial charge in [-0.1, -0.05) is 0 Å². The molecule has 0 saturated carbocycles. The van der Waals surface area contributed by atoms with E-state index in [1.165, 1.54) is 30.5 Å². The molecule has 0 spiro atoms. The van der Waals surface area contributed by atoms with E-state index in [4.69, 9.17) is 0 Å². The third-order valence-electron chi connectivity index (χ3n) is 2.27. The number of nitrogens with one attached hydrogen (secondary N) is 1. The molecule has 0 fully saturated rings. The van der Waals surface area contributed by atoms with Crippen LogP contribution in [0.15, 0.2) is 39.7 Å². The van der Waals surface area contributed by atoms with E-state index in [1.54, 1.807) is 0 Å². The van der Waals surface area contributed by atoms with Gasteiger partial charge in [0.2, 0.25) is 0 Å².